The Labute approximate surface area is 81.9 Å². The fraction of sp³-hybridized carbons (Fsp3) is 0.200. The molecule has 0 aliphatic rings. The predicted molar refractivity (Wildman–Crippen MR) is 53.6 cm³/mol. The molecule has 4 nitrogen and oxygen atoms in total. The van der Waals surface area contributed by atoms with E-state index in [-0.39, 0.29) is 11.4 Å². The second kappa shape index (κ2) is 4.41. The molecule has 0 unspecified atom stereocenters. The minimum Gasteiger partial charge on any atom is -0.478 e. The number of aryl methyl sites for hydroxylation is 1. The van der Waals surface area contributed by atoms with E-state index < -0.39 is 5.97 Å². The number of carboxylic acid groups (broad SMARTS) is 1. The minimum absolute atomic E-state index is 0.146. The van der Waals surface area contributed by atoms with Gasteiger partial charge in [-0.1, -0.05) is 12.1 Å². The molecule has 0 spiro atoms. The number of benzene rings is 1. The lowest BCUT2D eigenvalue weighted by atomic mass is 10.1. The normalized spacial score (nSPS) is 9.71. The number of hydrogen-bond acceptors (Lipinski definition) is 2. The zero-order chi connectivity index (χ0) is 10.6. The zero-order valence-electron chi connectivity index (χ0n) is 7.66. The van der Waals surface area contributed by atoms with Crippen molar-refractivity contribution in [3.05, 3.63) is 35.4 Å². The number of aromatic carboxylic acids is 1. The van der Waals surface area contributed by atoms with E-state index in [1.54, 1.807) is 24.3 Å². The predicted octanol–water partition coefficient (Wildman–Crippen LogP) is 1.25. The topological polar surface area (TPSA) is 87.2 Å². The lowest BCUT2D eigenvalue weighted by Gasteiger charge is -2.00. The van der Waals surface area contributed by atoms with Gasteiger partial charge in [-0.2, -0.15) is 0 Å². The summed E-state index contributed by atoms with van der Waals surface area (Å²) < 4.78 is 0. The molecule has 0 saturated heterocycles. The Hall–Kier alpha value is -1.84. The SMILES string of the molecule is N=C(N)CCc1ccc(C(=O)O)cc1. The highest BCUT2D eigenvalue weighted by atomic mass is 16.4. The van der Waals surface area contributed by atoms with Crippen LogP contribution in [0.1, 0.15) is 22.3 Å². The molecule has 4 N–H and O–H groups in total. The van der Waals surface area contributed by atoms with Gasteiger partial charge in [0, 0.05) is 6.42 Å². The Bertz CT molecular complexity index is 344. The number of carboxylic acids is 1. The summed E-state index contributed by atoms with van der Waals surface area (Å²) in [5.74, 6) is -0.782. The Morgan fingerprint density at radius 1 is 1.36 bits per heavy atom. The lowest BCUT2D eigenvalue weighted by molar-refractivity contribution is 0.0697. The summed E-state index contributed by atoms with van der Waals surface area (Å²) in [4.78, 5) is 10.5. The Morgan fingerprint density at radius 2 is 1.93 bits per heavy atom. The second-order valence-corrected chi connectivity index (χ2v) is 3.03. The first-order valence-corrected chi connectivity index (χ1v) is 4.24. The van der Waals surface area contributed by atoms with E-state index in [1.807, 2.05) is 0 Å². The fourth-order valence-electron chi connectivity index (χ4n) is 1.09. The number of nitrogens with one attached hydrogen (secondary N) is 1. The van der Waals surface area contributed by atoms with Gasteiger partial charge in [0.25, 0.3) is 0 Å². The van der Waals surface area contributed by atoms with Crippen LogP contribution < -0.4 is 5.73 Å². The van der Waals surface area contributed by atoms with Gasteiger partial charge in [0.2, 0.25) is 0 Å². The summed E-state index contributed by atoms with van der Waals surface area (Å²) >= 11 is 0. The molecule has 0 amide bonds. The molecular formula is C10H12N2O2. The van der Waals surface area contributed by atoms with Crippen molar-refractivity contribution in [3.8, 4) is 0 Å². The second-order valence-electron chi connectivity index (χ2n) is 3.03. The minimum atomic E-state index is -0.928. The highest BCUT2D eigenvalue weighted by Gasteiger charge is 2.01. The highest BCUT2D eigenvalue weighted by molar-refractivity contribution is 5.87. The summed E-state index contributed by atoms with van der Waals surface area (Å²) in [5, 5.41) is 15.7. The molecule has 0 heterocycles. The number of carbonyl (C=O) groups is 1. The summed E-state index contributed by atoms with van der Waals surface area (Å²) in [7, 11) is 0. The summed E-state index contributed by atoms with van der Waals surface area (Å²) in [6, 6.07) is 6.59. The Kier molecular flexibility index (Phi) is 3.23. The Balaban J connectivity index is 2.64. The van der Waals surface area contributed by atoms with Gasteiger partial charge in [0.05, 0.1) is 11.4 Å². The molecule has 0 fully saturated rings. The smallest absolute Gasteiger partial charge is 0.335 e. The summed E-state index contributed by atoms with van der Waals surface area (Å²) in [5.41, 5.74) is 6.47. The van der Waals surface area contributed by atoms with Gasteiger partial charge in [-0.25, -0.2) is 4.79 Å². The van der Waals surface area contributed by atoms with Crippen LogP contribution in [-0.4, -0.2) is 16.9 Å². The average molecular weight is 192 g/mol. The average Bonchev–Trinajstić information content (AvgIpc) is 2.15. The third-order valence-electron chi connectivity index (χ3n) is 1.88. The van der Waals surface area contributed by atoms with Crippen LogP contribution in [0.3, 0.4) is 0 Å². The van der Waals surface area contributed by atoms with Crippen LogP contribution in [0.5, 0.6) is 0 Å². The standard InChI is InChI=1S/C10H12N2O2/c11-9(12)6-3-7-1-4-8(5-2-7)10(13)14/h1-2,4-5H,3,6H2,(H3,11,12)(H,13,14). The van der Waals surface area contributed by atoms with Crippen LogP contribution in [-0.2, 0) is 6.42 Å². The van der Waals surface area contributed by atoms with Gasteiger partial charge in [-0.05, 0) is 24.1 Å². The Morgan fingerprint density at radius 3 is 2.36 bits per heavy atom. The van der Waals surface area contributed by atoms with Gasteiger partial charge in [-0.15, -0.1) is 0 Å². The van der Waals surface area contributed by atoms with Crippen LogP contribution in [0.15, 0.2) is 24.3 Å². The number of rotatable bonds is 4. The van der Waals surface area contributed by atoms with E-state index >= 15 is 0 Å². The van der Waals surface area contributed by atoms with Crippen LogP contribution in [0.2, 0.25) is 0 Å². The molecule has 1 aromatic carbocycles. The maximum atomic E-state index is 10.5. The van der Waals surface area contributed by atoms with Gasteiger partial charge in [-0.3, -0.25) is 5.41 Å². The number of amidine groups is 1. The molecule has 0 saturated carbocycles. The van der Waals surface area contributed by atoms with Crippen molar-refractivity contribution in [2.75, 3.05) is 0 Å². The van der Waals surface area contributed by atoms with Gasteiger partial charge >= 0.3 is 5.97 Å². The first kappa shape index (κ1) is 10.2. The molecule has 4 heteroatoms. The summed E-state index contributed by atoms with van der Waals surface area (Å²) in [6.45, 7) is 0. The third-order valence-corrected chi connectivity index (χ3v) is 1.88. The molecular weight excluding hydrogens is 180 g/mol. The number of hydrogen-bond donors (Lipinski definition) is 3. The van der Waals surface area contributed by atoms with Crippen LogP contribution in [0.4, 0.5) is 0 Å². The van der Waals surface area contributed by atoms with Gasteiger partial charge in [0.1, 0.15) is 0 Å². The van der Waals surface area contributed by atoms with E-state index in [0.29, 0.717) is 12.8 Å². The van der Waals surface area contributed by atoms with Crippen molar-refractivity contribution >= 4 is 11.8 Å². The van der Waals surface area contributed by atoms with Crippen molar-refractivity contribution in [1.82, 2.24) is 0 Å². The molecule has 1 aromatic rings. The van der Waals surface area contributed by atoms with E-state index in [1.165, 1.54) is 0 Å². The molecule has 0 bridgehead atoms. The van der Waals surface area contributed by atoms with E-state index in [0.717, 1.165) is 5.56 Å². The first-order chi connectivity index (χ1) is 6.59. The molecule has 0 aromatic heterocycles. The van der Waals surface area contributed by atoms with Crippen LogP contribution in [0.25, 0.3) is 0 Å². The van der Waals surface area contributed by atoms with Crippen molar-refractivity contribution in [1.29, 1.82) is 5.41 Å². The first-order valence-electron chi connectivity index (χ1n) is 4.24. The van der Waals surface area contributed by atoms with Crippen LogP contribution in [0, 0.1) is 5.41 Å². The van der Waals surface area contributed by atoms with Crippen molar-refractivity contribution in [2.45, 2.75) is 12.8 Å². The zero-order valence-corrected chi connectivity index (χ0v) is 7.66. The quantitative estimate of drug-likeness (QED) is 0.495. The molecule has 0 atom stereocenters. The largest absolute Gasteiger partial charge is 0.478 e. The molecule has 0 radical (unpaired) electrons. The number of nitrogens with two attached hydrogens (primary N) is 1. The summed E-state index contributed by atoms with van der Waals surface area (Å²) in [6.07, 6.45) is 1.18. The highest BCUT2D eigenvalue weighted by Crippen LogP contribution is 2.06. The third kappa shape index (κ3) is 2.90. The maximum Gasteiger partial charge on any atom is 0.335 e. The van der Waals surface area contributed by atoms with Crippen LogP contribution >= 0.6 is 0 Å². The van der Waals surface area contributed by atoms with E-state index in [4.69, 9.17) is 16.2 Å². The van der Waals surface area contributed by atoms with Gasteiger partial charge in [0.15, 0.2) is 0 Å². The van der Waals surface area contributed by atoms with Crippen molar-refractivity contribution in [3.63, 3.8) is 0 Å². The van der Waals surface area contributed by atoms with E-state index in [9.17, 15) is 4.79 Å². The molecule has 14 heavy (non-hydrogen) atoms. The van der Waals surface area contributed by atoms with Crippen molar-refractivity contribution < 1.29 is 9.90 Å². The maximum absolute atomic E-state index is 10.5. The molecule has 0 aliphatic carbocycles. The lowest BCUT2D eigenvalue weighted by Crippen LogP contribution is -2.10. The van der Waals surface area contributed by atoms with Gasteiger partial charge < -0.3 is 10.8 Å². The monoisotopic (exact) mass is 192 g/mol. The molecule has 74 valence electrons. The fourth-order valence-corrected chi connectivity index (χ4v) is 1.09. The van der Waals surface area contributed by atoms with E-state index in [2.05, 4.69) is 0 Å². The molecule has 0 aliphatic heterocycles. The molecule has 1 rings (SSSR count). The van der Waals surface area contributed by atoms with Crippen molar-refractivity contribution in [2.24, 2.45) is 5.73 Å².